The summed E-state index contributed by atoms with van der Waals surface area (Å²) >= 11 is 0. The Morgan fingerprint density at radius 3 is 1.95 bits per heavy atom. The van der Waals surface area contributed by atoms with Crippen LogP contribution in [0.4, 0.5) is 0 Å². The lowest BCUT2D eigenvalue weighted by Gasteiger charge is -1.99. The van der Waals surface area contributed by atoms with E-state index in [-0.39, 0.29) is 0 Å². The SMILES string of the molecule is C=C(O)CCCCCCC/C=C\C/C=C\CCCCC. The van der Waals surface area contributed by atoms with E-state index < -0.39 is 0 Å². The molecule has 0 aromatic heterocycles. The number of aliphatic hydroxyl groups excluding tert-OH is 1. The van der Waals surface area contributed by atoms with E-state index in [1.54, 1.807) is 0 Å². The summed E-state index contributed by atoms with van der Waals surface area (Å²) in [5.74, 6) is 0.329. The summed E-state index contributed by atoms with van der Waals surface area (Å²) in [5.41, 5.74) is 0. The van der Waals surface area contributed by atoms with E-state index in [1.165, 1.54) is 57.8 Å². The molecule has 0 saturated heterocycles. The number of unbranched alkanes of at least 4 members (excludes halogenated alkanes) is 8. The molecule has 0 aliphatic carbocycles. The van der Waals surface area contributed by atoms with Crippen molar-refractivity contribution in [3.8, 4) is 0 Å². The number of hydrogen-bond acceptors (Lipinski definition) is 1. The van der Waals surface area contributed by atoms with Crippen LogP contribution >= 0.6 is 0 Å². The van der Waals surface area contributed by atoms with Crippen LogP contribution in [-0.4, -0.2) is 5.11 Å². The normalized spacial score (nSPS) is 11.7. The van der Waals surface area contributed by atoms with Gasteiger partial charge in [-0.15, -0.1) is 0 Å². The van der Waals surface area contributed by atoms with Gasteiger partial charge in [-0.05, 0) is 38.5 Å². The monoisotopic (exact) mass is 278 g/mol. The standard InChI is InChI=1S/C19H34O/c1-3-4-5-6-7-8-9-10-11-12-13-14-15-16-17-18-19(2)20/h7-8,10-11,20H,2-6,9,12-18H2,1H3/b8-7-,11-10-. The molecular weight excluding hydrogens is 244 g/mol. The topological polar surface area (TPSA) is 20.2 Å². The van der Waals surface area contributed by atoms with Gasteiger partial charge in [0, 0.05) is 6.42 Å². The van der Waals surface area contributed by atoms with Crippen LogP contribution in [0, 0.1) is 0 Å². The Morgan fingerprint density at radius 1 is 0.800 bits per heavy atom. The highest BCUT2D eigenvalue weighted by molar-refractivity contribution is 4.92. The van der Waals surface area contributed by atoms with Crippen LogP contribution in [0.5, 0.6) is 0 Å². The molecule has 0 unspecified atom stereocenters. The molecule has 0 aromatic rings. The molecule has 1 nitrogen and oxygen atoms in total. The summed E-state index contributed by atoms with van der Waals surface area (Å²) < 4.78 is 0. The molecule has 0 saturated carbocycles. The Hall–Kier alpha value is -0.980. The molecule has 1 heteroatoms. The fraction of sp³-hybridized carbons (Fsp3) is 0.684. The first kappa shape index (κ1) is 19.0. The van der Waals surface area contributed by atoms with Gasteiger partial charge in [0.1, 0.15) is 0 Å². The van der Waals surface area contributed by atoms with Crippen molar-refractivity contribution in [2.45, 2.75) is 84.0 Å². The third kappa shape index (κ3) is 17.0. The minimum absolute atomic E-state index is 0.329. The molecule has 0 radical (unpaired) electrons. The lowest BCUT2D eigenvalue weighted by atomic mass is 10.1. The van der Waals surface area contributed by atoms with E-state index in [1.807, 2.05) is 0 Å². The van der Waals surface area contributed by atoms with Crippen molar-refractivity contribution in [1.82, 2.24) is 0 Å². The predicted octanol–water partition coefficient (Wildman–Crippen LogP) is 6.87. The summed E-state index contributed by atoms with van der Waals surface area (Å²) in [6, 6.07) is 0. The maximum absolute atomic E-state index is 8.95. The van der Waals surface area contributed by atoms with Gasteiger partial charge in [0.05, 0.1) is 5.76 Å². The van der Waals surface area contributed by atoms with Crippen LogP contribution in [-0.2, 0) is 0 Å². The van der Waals surface area contributed by atoms with Gasteiger partial charge in [0.25, 0.3) is 0 Å². The fourth-order valence-electron chi connectivity index (χ4n) is 2.14. The highest BCUT2D eigenvalue weighted by atomic mass is 16.3. The zero-order valence-corrected chi connectivity index (χ0v) is 13.4. The second kappa shape index (κ2) is 16.1. The first-order valence-corrected chi connectivity index (χ1v) is 8.44. The van der Waals surface area contributed by atoms with E-state index in [9.17, 15) is 0 Å². The van der Waals surface area contributed by atoms with Crippen LogP contribution in [0.3, 0.4) is 0 Å². The maximum atomic E-state index is 8.95. The lowest BCUT2D eigenvalue weighted by molar-refractivity contribution is 0.383. The van der Waals surface area contributed by atoms with Gasteiger partial charge in [-0.3, -0.25) is 0 Å². The Morgan fingerprint density at radius 2 is 1.35 bits per heavy atom. The van der Waals surface area contributed by atoms with Gasteiger partial charge >= 0.3 is 0 Å². The second-order valence-corrected chi connectivity index (χ2v) is 5.55. The Balaban J connectivity index is 3.17. The Bertz CT molecular complexity index is 263. The van der Waals surface area contributed by atoms with Crippen LogP contribution in [0.25, 0.3) is 0 Å². The molecule has 20 heavy (non-hydrogen) atoms. The number of allylic oxidation sites excluding steroid dienone is 5. The van der Waals surface area contributed by atoms with Crippen molar-refractivity contribution in [1.29, 1.82) is 0 Å². The summed E-state index contributed by atoms with van der Waals surface area (Å²) in [6.45, 7) is 5.75. The molecule has 0 bridgehead atoms. The summed E-state index contributed by atoms with van der Waals surface area (Å²) in [7, 11) is 0. The number of aliphatic hydroxyl groups is 1. The third-order valence-corrected chi connectivity index (χ3v) is 3.42. The zero-order valence-electron chi connectivity index (χ0n) is 13.4. The lowest BCUT2D eigenvalue weighted by Crippen LogP contribution is -1.81. The van der Waals surface area contributed by atoms with Gasteiger partial charge in [-0.1, -0.05) is 69.9 Å². The first-order valence-electron chi connectivity index (χ1n) is 8.44. The minimum atomic E-state index is 0.329. The van der Waals surface area contributed by atoms with Gasteiger partial charge < -0.3 is 5.11 Å². The van der Waals surface area contributed by atoms with E-state index >= 15 is 0 Å². The number of rotatable bonds is 14. The van der Waals surface area contributed by atoms with Crippen molar-refractivity contribution in [3.63, 3.8) is 0 Å². The van der Waals surface area contributed by atoms with Gasteiger partial charge in [0.15, 0.2) is 0 Å². The summed E-state index contributed by atoms with van der Waals surface area (Å²) in [5, 5.41) is 8.95. The largest absolute Gasteiger partial charge is 0.513 e. The Labute approximate surface area is 126 Å². The van der Waals surface area contributed by atoms with Crippen molar-refractivity contribution >= 4 is 0 Å². The van der Waals surface area contributed by atoms with Crippen LogP contribution in [0.1, 0.15) is 84.0 Å². The molecule has 0 amide bonds. The molecule has 0 spiro atoms. The molecule has 0 atom stereocenters. The van der Waals surface area contributed by atoms with Gasteiger partial charge in [-0.25, -0.2) is 0 Å². The molecule has 0 heterocycles. The molecule has 0 aliphatic rings. The molecule has 0 aliphatic heterocycles. The second-order valence-electron chi connectivity index (χ2n) is 5.55. The average Bonchev–Trinajstić information content (AvgIpc) is 2.43. The predicted molar refractivity (Wildman–Crippen MR) is 91.1 cm³/mol. The van der Waals surface area contributed by atoms with E-state index in [0.29, 0.717) is 5.76 Å². The van der Waals surface area contributed by atoms with E-state index in [2.05, 4.69) is 37.8 Å². The van der Waals surface area contributed by atoms with Crippen LogP contribution in [0.15, 0.2) is 36.6 Å². The molecule has 0 aromatic carbocycles. The quantitative estimate of drug-likeness (QED) is 0.209. The molecule has 0 rings (SSSR count). The van der Waals surface area contributed by atoms with Crippen molar-refractivity contribution in [2.75, 3.05) is 0 Å². The van der Waals surface area contributed by atoms with Crippen molar-refractivity contribution < 1.29 is 5.11 Å². The average molecular weight is 278 g/mol. The Kier molecular flexibility index (Phi) is 15.3. The van der Waals surface area contributed by atoms with Crippen molar-refractivity contribution in [2.24, 2.45) is 0 Å². The highest BCUT2D eigenvalue weighted by Crippen LogP contribution is 2.09. The fourth-order valence-corrected chi connectivity index (χ4v) is 2.14. The molecule has 0 fully saturated rings. The first-order chi connectivity index (χ1) is 9.77. The molecular formula is C19H34O. The summed E-state index contributed by atoms with van der Waals surface area (Å²) in [4.78, 5) is 0. The summed E-state index contributed by atoms with van der Waals surface area (Å²) in [6.07, 6.45) is 23.6. The van der Waals surface area contributed by atoms with Crippen LogP contribution in [0.2, 0.25) is 0 Å². The minimum Gasteiger partial charge on any atom is -0.513 e. The van der Waals surface area contributed by atoms with Gasteiger partial charge in [-0.2, -0.15) is 0 Å². The third-order valence-electron chi connectivity index (χ3n) is 3.42. The smallest absolute Gasteiger partial charge is 0.0851 e. The van der Waals surface area contributed by atoms with Gasteiger partial charge in [0.2, 0.25) is 0 Å². The highest BCUT2D eigenvalue weighted by Gasteiger charge is 1.91. The number of hydrogen-bond donors (Lipinski definition) is 1. The maximum Gasteiger partial charge on any atom is 0.0851 e. The zero-order chi connectivity index (χ0) is 14.9. The van der Waals surface area contributed by atoms with Crippen molar-refractivity contribution in [3.05, 3.63) is 36.6 Å². The van der Waals surface area contributed by atoms with E-state index in [4.69, 9.17) is 5.11 Å². The van der Waals surface area contributed by atoms with E-state index in [0.717, 1.165) is 19.3 Å². The molecule has 1 N–H and O–H groups in total. The molecule has 116 valence electrons. The van der Waals surface area contributed by atoms with Crippen LogP contribution < -0.4 is 0 Å².